The van der Waals surface area contributed by atoms with Crippen molar-refractivity contribution in [3.8, 4) is 0 Å². The van der Waals surface area contributed by atoms with Crippen molar-refractivity contribution in [1.82, 2.24) is 10.4 Å². The van der Waals surface area contributed by atoms with Gasteiger partial charge in [-0.1, -0.05) is 41.9 Å². The summed E-state index contributed by atoms with van der Waals surface area (Å²) < 4.78 is 0. The zero-order chi connectivity index (χ0) is 14.7. The molecule has 1 aromatic heterocycles. The number of benzene rings is 2. The number of nitrogens with zero attached hydrogens (tertiary/aromatic N) is 1. The summed E-state index contributed by atoms with van der Waals surface area (Å²) in [5.74, 6) is 5.72. The van der Waals surface area contributed by atoms with Gasteiger partial charge < -0.3 is 0 Å². The number of hydrazine groups is 1. The van der Waals surface area contributed by atoms with E-state index in [1.807, 2.05) is 48.7 Å². The van der Waals surface area contributed by atoms with Crippen molar-refractivity contribution in [3.05, 3.63) is 76.9 Å². The van der Waals surface area contributed by atoms with Crippen LogP contribution >= 0.6 is 11.6 Å². The molecule has 106 valence electrons. The van der Waals surface area contributed by atoms with Gasteiger partial charge >= 0.3 is 0 Å². The molecule has 2 aromatic carbocycles. The van der Waals surface area contributed by atoms with Crippen LogP contribution in [0.3, 0.4) is 0 Å². The Morgan fingerprint density at radius 2 is 1.95 bits per heavy atom. The van der Waals surface area contributed by atoms with Crippen LogP contribution in [0.15, 0.2) is 60.8 Å². The summed E-state index contributed by atoms with van der Waals surface area (Å²) in [7, 11) is 0. The number of halogens is 1. The van der Waals surface area contributed by atoms with Gasteiger partial charge in [-0.15, -0.1) is 0 Å². The van der Waals surface area contributed by atoms with Crippen LogP contribution in [0.1, 0.15) is 17.2 Å². The molecule has 1 heterocycles. The zero-order valence-electron chi connectivity index (χ0n) is 11.5. The Kier molecular flexibility index (Phi) is 4.15. The minimum absolute atomic E-state index is 0.000530. The molecule has 0 aliphatic heterocycles. The molecule has 0 amide bonds. The van der Waals surface area contributed by atoms with Crippen LogP contribution in [0, 0.1) is 0 Å². The van der Waals surface area contributed by atoms with Crippen LogP contribution in [0.2, 0.25) is 5.02 Å². The molecule has 0 fully saturated rings. The third-order valence-electron chi connectivity index (χ3n) is 3.54. The summed E-state index contributed by atoms with van der Waals surface area (Å²) in [4.78, 5) is 4.49. The van der Waals surface area contributed by atoms with Crippen molar-refractivity contribution in [2.75, 3.05) is 0 Å². The van der Waals surface area contributed by atoms with Crippen molar-refractivity contribution in [3.63, 3.8) is 0 Å². The molecule has 0 saturated carbocycles. The maximum Gasteiger partial charge on any atom is 0.0702 e. The number of para-hydroxylation sites is 1. The number of nitrogens with one attached hydrogen (secondary N) is 1. The molecule has 3 nitrogen and oxygen atoms in total. The fraction of sp³-hybridized carbons (Fsp3) is 0.118. The van der Waals surface area contributed by atoms with Gasteiger partial charge in [0.25, 0.3) is 0 Å². The Labute approximate surface area is 128 Å². The molecule has 21 heavy (non-hydrogen) atoms. The van der Waals surface area contributed by atoms with E-state index in [2.05, 4.69) is 22.5 Å². The molecule has 1 atom stereocenters. The minimum atomic E-state index is 0.000530. The minimum Gasteiger partial charge on any atom is -0.271 e. The first-order valence-corrected chi connectivity index (χ1v) is 7.19. The van der Waals surface area contributed by atoms with E-state index in [1.54, 1.807) is 0 Å². The quantitative estimate of drug-likeness (QED) is 0.571. The molecule has 0 radical (unpaired) electrons. The maximum atomic E-state index is 6.03. The zero-order valence-corrected chi connectivity index (χ0v) is 12.2. The van der Waals surface area contributed by atoms with E-state index in [-0.39, 0.29) is 6.04 Å². The first kappa shape index (κ1) is 14.0. The van der Waals surface area contributed by atoms with Crippen LogP contribution in [-0.4, -0.2) is 4.98 Å². The number of nitrogens with two attached hydrogens (primary N) is 1. The van der Waals surface area contributed by atoms with Gasteiger partial charge in [-0.2, -0.15) is 0 Å². The highest BCUT2D eigenvalue weighted by Gasteiger charge is 2.12. The molecule has 1 unspecified atom stereocenters. The monoisotopic (exact) mass is 297 g/mol. The number of rotatable bonds is 4. The lowest BCUT2D eigenvalue weighted by Crippen LogP contribution is -2.29. The number of aromatic nitrogens is 1. The molecule has 4 heteroatoms. The van der Waals surface area contributed by atoms with Gasteiger partial charge in [0.15, 0.2) is 0 Å². The van der Waals surface area contributed by atoms with Crippen molar-refractivity contribution in [2.45, 2.75) is 12.5 Å². The number of hydrogen-bond donors (Lipinski definition) is 2. The summed E-state index contributed by atoms with van der Waals surface area (Å²) in [6.45, 7) is 0. The number of hydrogen-bond acceptors (Lipinski definition) is 3. The second-order valence-electron chi connectivity index (χ2n) is 5.01. The Bertz CT molecular complexity index is 758. The van der Waals surface area contributed by atoms with E-state index in [0.717, 1.165) is 33.5 Å². The average molecular weight is 298 g/mol. The average Bonchev–Trinajstić information content (AvgIpc) is 2.52. The third-order valence-corrected chi connectivity index (χ3v) is 3.78. The summed E-state index contributed by atoms with van der Waals surface area (Å²) in [5, 5.41) is 1.85. The highest BCUT2D eigenvalue weighted by atomic mass is 35.5. The maximum absolute atomic E-state index is 6.03. The molecular formula is C17H16ClN3. The predicted molar refractivity (Wildman–Crippen MR) is 87.0 cm³/mol. The van der Waals surface area contributed by atoms with E-state index in [0.29, 0.717) is 0 Å². The molecule has 3 aromatic rings. The van der Waals surface area contributed by atoms with Crippen molar-refractivity contribution in [1.29, 1.82) is 0 Å². The molecule has 3 rings (SSSR count). The first-order chi connectivity index (χ1) is 10.3. The topological polar surface area (TPSA) is 50.9 Å². The summed E-state index contributed by atoms with van der Waals surface area (Å²) >= 11 is 6.03. The van der Waals surface area contributed by atoms with E-state index in [1.165, 1.54) is 0 Å². The van der Waals surface area contributed by atoms with E-state index in [9.17, 15) is 0 Å². The Balaban J connectivity index is 1.90. The molecule has 0 saturated heterocycles. The third kappa shape index (κ3) is 3.22. The van der Waals surface area contributed by atoms with Crippen LogP contribution in [0.5, 0.6) is 0 Å². The summed E-state index contributed by atoms with van der Waals surface area (Å²) in [5.41, 5.74) is 6.06. The Morgan fingerprint density at radius 1 is 1.10 bits per heavy atom. The molecule has 0 bridgehead atoms. The van der Waals surface area contributed by atoms with Gasteiger partial charge in [-0.05, 0) is 41.8 Å². The Hall–Kier alpha value is -1.94. The van der Waals surface area contributed by atoms with Gasteiger partial charge in [0.1, 0.15) is 0 Å². The molecular weight excluding hydrogens is 282 g/mol. The fourth-order valence-electron chi connectivity index (χ4n) is 2.45. The normalized spacial score (nSPS) is 12.5. The van der Waals surface area contributed by atoms with Gasteiger partial charge in [-0.3, -0.25) is 16.3 Å². The van der Waals surface area contributed by atoms with Crippen LogP contribution < -0.4 is 11.3 Å². The Morgan fingerprint density at radius 3 is 2.76 bits per heavy atom. The van der Waals surface area contributed by atoms with Crippen molar-refractivity contribution >= 4 is 22.5 Å². The van der Waals surface area contributed by atoms with E-state index >= 15 is 0 Å². The van der Waals surface area contributed by atoms with Crippen LogP contribution in [-0.2, 0) is 6.42 Å². The molecule has 3 N–H and O–H groups in total. The van der Waals surface area contributed by atoms with Crippen molar-refractivity contribution in [2.24, 2.45) is 5.84 Å². The molecule has 0 spiro atoms. The van der Waals surface area contributed by atoms with Crippen LogP contribution in [0.25, 0.3) is 10.9 Å². The second-order valence-corrected chi connectivity index (χ2v) is 5.45. The van der Waals surface area contributed by atoms with Gasteiger partial charge in [-0.25, -0.2) is 0 Å². The van der Waals surface area contributed by atoms with E-state index in [4.69, 9.17) is 17.4 Å². The lowest BCUT2D eigenvalue weighted by Gasteiger charge is -2.17. The van der Waals surface area contributed by atoms with Crippen molar-refractivity contribution < 1.29 is 0 Å². The lowest BCUT2D eigenvalue weighted by molar-refractivity contribution is 0.551. The van der Waals surface area contributed by atoms with Crippen LogP contribution in [0.4, 0.5) is 0 Å². The number of fused-ring (bicyclic) bond motifs is 1. The predicted octanol–water partition coefficient (Wildman–Crippen LogP) is 3.64. The lowest BCUT2D eigenvalue weighted by atomic mass is 9.99. The fourth-order valence-corrected chi connectivity index (χ4v) is 2.66. The first-order valence-electron chi connectivity index (χ1n) is 6.81. The van der Waals surface area contributed by atoms with Gasteiger partial charge in [0, 0.05) is 16.6 Å². The number of pyridine rings is 1. The summed E-state index contributed by atoms with van der Waals surface area (Å²) in [6, 6.07) is 18.0. The standard InChI is InChI=1S/C17H16ClN3/c18-15-6-3-4-12(8-15)9-17(21-19)14-10-13-5-1-2-7-16(13)20-11-14/h1-8,10-11,17,21H,9,19H2. The van der Waals surface area contributed by atoms with Gasteiger partial charge in [0.2, 0.25) is 0 Å². The largest absolute Gasteiger partial charge is 0.271 e. The summed E-state index contributed by atoms with van der Waals surface area (Å²) in [6.07, 6.45) is 2.63. The van der Waals surface area contributed by atoms with Gasteiger partial charge in [0.05, 0.1) is 11.6 Å². The second kappa shape index (κ2) is 6.22. The van der Waals surface area contributed by atoms with E-state index < -0.39 is 0 Å². The molecule has 0 aliphatic carbocycles. The SMILES string of the molecule is NNC(Cc1cccc(Cl)c1)c1cnc2ccccc2c1. The highest BCUT2D eigenvalue weighted by Crippen LogP contribution is 2.22. The molecule has 0 aliphatic rings. The highest BCUT2D eigenvalue weighted by molar-refractivity contribution is 6.30. The smallest absolute Gasteiger partial charge is 0.0702 e.